The molecule has 0 spiro atoms. The Morgan fingerprint density at radius 1 is 0.292 bits per heavy atom. The van der Waals surface area contributed by atoms with E-state index in [1.807, 2.05) is 24.3 Å². The predicted molar refractivity (Wildman–Crippen MR) is 299 cm³/mol. The van der Waals surface area contributed by atoms with Crippen molar-refractivity contribution < 1.29 is 4.42 Å². The predicted octanol–water partition coefficient (Wildman–Crippen LogP) is 18.5. The summed E-state index contributed by atoms with van der Waals surface area (Å²) in [7, 11) is 0. The third-order valence-electron chi connectivity index (χ3n) is 13.6. The second kappa shape index (κ2) is 18.3. The summed E-state index contributed by atoms with van der Waals surface area (Å²) in [6.07, 6.45) is 0. The smallest absolute Gasteiger partial charge is 0.227 e. The van der Waals surface area contributed by atoms with Gasteiger partial charge in [0.25, 0.3) is 0 Å². The Hall–Kier alpha value is -9.71. The van der Waals surface area contributed by atoms with Crippen molar-refractivity contribution in [3.05, 3.63) is 279 Å². The van der Waals surface area contributed by atoms with Gasteiger partial charge in [-0.25, -0.2) is 4.98 Å². The van der Waals surface area contributed by atoms with E-state index in [-0.39, 0.29) is 0 Å². The lowest BCUT2D eigenvalue weighted by molar-refractivity contribution is 0.620. The first-order valence-corrected chi connectivity index (χ1v) is 24.3. The first-order valence-electron chi connectivity index (χ1n) is 24.3. The summed E-state index contributed by atoms with van der Waals surface area (Å²) in [5, 5.41) is 2.38. The highest BCUT2D eigenvalue weighted by atomic mass is 16.3. The lowest BCUT2D eigenvalue weighted by atomic mass is 9.99. The number of anilines is 6. The number of nitrogens with zero attached hydrogens (tertiary/aromatic N) is 4. The maximum Gasteiger partial charge on any atom is 0.227 e. The Balaban J connectivity index is 0.893. The average Bonchev–Trinajstić information content (AvgIpc) is 4.04. The summed E-state index contributed by atoms with van der Waals surface area (Å²) in [5.74, 6) is 0.619. The number of aromatic nitrogens is 2. The van der Waals surface area contributed by atoms with Crippen molar-refractivity contribution in [3.8, 4) is 50.5 Å². The Kier molecular flexibility index (Phi) is 10.8. The molecule has 0 saturated carbocycles. The number of benzene rings is 11. The standard InChI is InChI=1S/C67H46N4O/c1-5-18-54(19-6-1)69(55-20-7-2-8-21-55)58-36-28-48(29-37-58)51-34-42-64-61(45-51)62-46-52(49-30-38-59(39-31-49)70(56-22-9-3-10-23-56)57-24-11-4-12-25-57)35-43-65(62)71(64)60-40-32-47(33-41-60)50-16-15-17-53(44-50)67-68-63-26-13-14-27-66(63)72-67/h1-46H. The van der Waals surface area contributed by atoms with Crippen molar-refractivity contribution in [1.29, 1.82) is 0 Å². The second-order valence-electron chi connectivity index (χ2n) is 18.0. The monoisotopic (exact) mass is 922 g/mol. The molecule has 11 aromatic carbocycles. The van der Waals surface area contributed by atoms with Gasteiger partial charge in [-0.1, -0.05) is 146 Å². The lowest BCUT2D eigenvalue weighted by Gasteiger charge is -2.25. The van der Waals surface area contributed by atoms with Gasteiger partial charge in [0, 0.05) is 56.1 Å². The molecule has 0 atom stereocenters. The molecule has 5 heteroatoms. The number of rotatable bonds is 11. The number of oxazole rings is 1. The number of para-hydroxylation sites is 6. The van der Waals surface area contributed by atoms with E-state index in [4.69, 9.17) is 9.40 Å². The summed E-state index contributed by atoms with van der Waals surface area (Å²) in [6, 6.07) is 99.1. The SMILES string of the molecule is c1ccc(N(c2ccccc2)c2ccc(-c3ccc4c(c3)c3cc(-c5ccc(N(c6ccccc6)c6ccccc6)cc5)ccc3n4-c3ccc(-c4cccc(-c5nc6ccccc6o5)c4)cc3)cc2)cc1. The molecule has 5 nitrogen and oxygen atoms in total. The van der Waals surface area contributed by atoms with Crippen LogP contribution in [0.25, 0.3) is 83.4 Å². The zero-order valence-electron chi connectivity index (χ0n) is 39.3. The zero-order chi connectivity index (χ0) is 47.8. The molecule has 0 aliphatic carbocycles. The van der Waals surface area contributed by atoms with Crippen LogP contribution in [0.15, 0.2) is 283 Å². The molecule has 340 valence electrons. The van der Waals surface area contributed by atoms with Crippen LogP contribution in [0.3, 0.4) is 0 Å². The van der Waals surface area contributed by atoms with Crippen LogP contribution in [0.4, 0.5) is 34.1 Å². The minimum atomic E-state index is 0.619. The fourth-order valence-electron chi connectivity index (χ4n) is 10.1. The van der Waals surface area contributed by atoms with Crippen LogP contribution in [0.5, 0.6) is 0 Å². The molecule has 0 N–H and O–H groups in total. The molecule has 0 saturated heterocycles. The Morgan fingerprint density at radius 2 is 0.667 bits per heavy atom. The first kappa shape index (κ1) is 42.4. The summed E-state index contributed by atoms with van der Waals surface area (Å²) in [6.45, 7) is 0. The van der Waals surface area contributed by atoms with E-state index in [0.29, 0.717) is 5.89 Å². The van der Waals surface area contributed by atoms with E-state index in [2.05, 4.69) is 269 Å². The Bertz CT molecular complexity index is 3700. The quantitative estimate of drug-likeness (QED) is 0.130. The lowest BCUT2D eigenvalue weighted by Crippen LogP contribution is -2.09. The van der Waals surface area contributed by atoms with E-state index < -0.39 is 0 Å². The van der Waals surface area contributed by atoms with Crippen molar-refractivity contribution in [3.63, 3.8) is 0 Å². The fraction of sp³-hybridized carbons (Fsp3) is 0. The van der Waals surface area contributed by atoms with E-state index in [1.54, 1.807) is 0 Å². The maximum absolute atomic E-state index is 6.15. The number of hydrogen-bond acceptors (Lipinski definition) is 4. The van der Waals surface area contributed by atoms with Crippen molar-refractivity contribution in [2.75, 3.05) is 9.80 Å². The molecule has 0 unspecified atom stereocenters. The van der Waals surface area contributed by atoms with Crippen LogP contribution in [0.1, 0.15) is 0 Å². The molecule has 72 heavy (non-hydrogen) atoms. The van der Waals surface area contributed by atoms with Gasteiger partial charge in [0.15, 0.2) is 5.58 Å². The minimum absolute atomic E-state index is 0.619. The van der Waals surface area contributed by atoms with Crippen LogP contribution in [0.2, 0.25) is 0 Å². The third-order valence-corrected chi connectivity index (χ3v) is 13.6. The van der Waals surface area contributed by atoms with Crippen LogP contribution in [-0.2, 0) is 0 Å². The molecule has 0 bridgehead atoms. The van der Waals surface area contributed by atoms with Gasteiger partial charge in [-0.05, 0) is 167 Å². The van der Waals surface area contributed by atoms with Gasteiger partial charge in [0.2, 0.25) is 5.89 Å². The average molecular weight is 923 g/mol. The van der Waals surface area contributed by atoms with E-state index >= 15 is 0 Å². The van der Waals surface area contributed by atoms with Crippen molar-refractivity contribution in [1.82, 2.24) is 9.55 Å². The Morgan fingerprint density at radius 3 is 1.12 bits per heavy atom. The largest absolute Gasteiger partial charge is 0.436 e. The summed E-state index contributed by atoms with van der Waals surface area (Å²) in [4.78, 5) is 9.37. The van der Waals surface area contributed by atoms with Crippen LogP contribution in [-0.4, -0.2) is 9.55 Å². The highest BCUT2D eigenvalue weighted by molar-refractivity contribution is 6.11. The molecule has 0 aliphatic rings. The summed E-state index contributed by atoms with van der Waals surface area (Å²) < 4.78 is 8.55. The molecular formula is C67H46N4O. The second-order valence-corrected chi connectivity index (χ2v) is 18.0. The van der Waals surface area contributed by atoms with Gasteiger partial charge < -0.3 is 18.8 Å². The minimum Gasteiger partial charge on any atom is -0.436 e. The van der Waals surface area contributed by atoms with Gasteiger partial charge >= 0.3 is 0 Å². The zero-order valence-corrected chi connectivity index (χ0v) is 39.3. The van der Waals surface area contributed by atoms with Crippen LogP contribution >= 0.6 is 0 Å². The van der Waals surface area contributed by atoms with Crippen molar-refractivity contribution in [2.45, 2.75) is 0 Å². The third kappa shape index (κ3) is 7.95. The van der Waals surface area contributed by atoms with Crippen molar-refractivity contribution >= 4 is 67.0 Å². The van der Waals surface area contributed by atoms with Gasteiger partial charge in [-0.3, -0.25) is 0 Å². The van der Waals surface area contributed by atoms with Gasteiger partial charge in [-0.2, -0.15) is 0 Å². The first-order chi connectivity index (χ1) is 35.7. The molecule has 2 heterocycles. The maximum atomic E-state index is 6.15. The molecule has 13 rings (SSSR count). The summed E-state index contributed by atoms with van der Waals surface area (Å²) in [5.41, 5.74) is 19.4. The highest BCUT2D eigenvalue weighted by Gasteiger charge is 2.18. The van der Waals surface area contributed by atoms with E-state index in [1.165, 1.54) is 10.8 Å². The molecule has 0 radical (unpaired) electrons. The summed E-state index contributed by atoms with van der Waals surface area (Å²) >= 11 is 0. The molecule has 0 fully saturated rings. The molecule has 13 aromatic rings. The fourth-order valence-corrected chi connectivity index (χ4v) is 10.1. The highest BCUT2D eigenvalue weighted by Crippen LogP contribution is 2.41. The van der Waals surface area contributed by atoms with Crippen molar-refractivity contribution in [2.24, 2.45) is 0 Å². The van der Waals surface area contributed by atoms with E-state index in [9.17, 15) is 0 Å². The van der Waals surface area contributed by atoms with Crippen LogP contribution in [0, 0.1) is 0 Å². The molecule has 0 amide bonds. The van der Waals surface area contributed by atoms with Gasteiger partial charge in [0.05, 0.1) is 11.0 Å². The topological polar surface area (TPSA) is 37.4 Å². The van der Waals surface area contributed by atoms with Gasteiger partial charge in [-0.15, -0.1) is 0 Å². The number of hydrogen-bond donors (Lipinski definition) is 0. The van der Waals surface area contributed by atoms with Gasteiger partial charge in [0.1, 0.15) is 5.52 Å². The van der Waals surface area contributed by atoms with E-state index in [0.717, 1.165) is 101 Å². The molecule has 0 aliphatic heterocycles. The Labute approximate surface area is 418 Å². The van der Waals surface area contributed by atoms with Crippen LogP contribution < -0.4 is 9.80 Å². The normalized spacial score (nSPS) is 11.3. The molecular weight excluding hydrogens is 877 g/mol. The molecule has 2 aromatic heterocycles. The number of fused-ring (bicyclic) bond motifs is 4.